The molecule has 0 fully saturated rings. The molecule has 0 saturated carbocycles. The van der Waals surface area contributed by atoms with Gasteiger partial charge in [-0.1, -0.05) is 6.42 Å². The fourth-order valence-electron chi connectivity index (χ4n) is 1.27. The van der Waals surface area contributed by atoms with Gasteiger partial charge in [0.05, 0.1) is 4.90 Å². The fourth-order valence-corrected chi connectivity index (χ4v) is 1.75. The van der Waals surface area contributed by atoms with Gasteiger partial charge in [-0.05, 0) is 43.7 Å². The van der Waals surface area contributed by atoms with Crippen LogP contribution in [0.25, 0.3) is 0 Å². The highest BCUT2D eigenvalue weighted by Gasteiger charge is 2.09. The second-order valence-electron chi connectivity index (χ2n) is 4.27. The number of carboxylic acids is 1. The van der Waals surface area contributed by atoms with E-state index in [1.165, 1.54) is 24.3 Å². The number of hydrogen-bond acceptors (Lipinski definition) is 6. The first kappa shape index (κ1) is 19.3. The zero-order valence-corrected chi connectivity index (χ0v) is 12.3. The minimum Gasteiger partial charge on any atom is -0.480 e. The van der Waals surface area contributed by atoms with Crippen LogP contribution >= 0.6 is 0 Å². The predicted octanol–water partition coefficient (Wildman–Crippen LogP) is 0.0428. The van der Waals surface area contributed by atoms with E-state index in [1.807, 2.05) is 0 Å². The molecule has 120 valence electrons. The van der Waals surface area contributed by atoms with Crippen molar-refractivity contribution in [3.05, 3.63) is 24.3 Å². The summed E-state index contributed by atoms with van der Waals surface area (Å²) in [7, 11) is -4.08. The quantitative estimate of drug-likeness (QED) is 0.278. The number of anilines is 1. The van der Waals surface area contributed by atoms with Crippen LogP contribution in [0.5, 0.6) is 0 Å². The number of benzene rings is 1. The zero-order chi connectivity index (χ0) is 16.5. The molecule has 0 aliphatic carbocycles. The lowest BCUT2D eigenvalue weighted by atomic mass is 10.1. The van der Waals surface area contributed by atoms with Crippen LogP contribution in [0.15, 0.2) is 29.2 Å². The molecule has 1 atom stereocenters. The lowest BCUT2D eigenvalue weighted by Crippen LogP contribution is -2.29. The monoisotopic (exact) mass is 319 g/mol. The van der Waals surface area contributed by atoms with Gasteiger partial charge in [0, 0.05) is 5.69 Å². The highest BCUT2D eigenvalue weighted by atomic mass is 32.2. The van der Waals surface area contributed by atoms with E-state index in [2.05, 4.69) is 0 Å². The van der Waals surface area contributed by atoms with Gasteiger partial charge in [-0.25, -0.2) is 0 Å². The third-order valence-electron chi connectivity index (χ3n) is 2.46. The molecule has 0 aliphatic heterocycles. The Balaban J connectivity index is 0.000000384. The molecular weight excluding hydrogens is 298 g/mol. The Morgan fingerprint density at radius 2 is 1.71 bits per heavy atom. The number of carbonyl (C=O) groups is 1. The lowest BCUT2D eigenvalue weighted by Gasteiger charge is -2.03. The van der Waals surface area contributed by atoms with E-state index in [0.717, 1.165) is 12.8 Å². The second kappa shape index (κ2) is 9.29. The van der Waals surface area contributed by atoms with Gasteiger partial charge >= 0.3 is 5.97 Å². The molecule has 8 N–H and O–H groups in total. The van der Waals surface area contributed by atoms with Gasteiger partial charge < -0.3 is 22.3 Å². The molecule has 8 nitrogen and oxygen atoms in total. The summed E-state index contributed by atoms with van der Waals surface area (Å²) in [5.41, 5.74) is 16.2. The fraction of sp³-hybridized carbons (Fsp3) is 0.417. The first-order valence-corrected chi connectivity index (χ1v) is 7.64. The van der Waals surface area contributed by atoms with Crippen molar-refractivity contribution in [2.75, 3.05) is 12.3 Å². The summed E-state index contributed by atoms with van der Waals surface area (Å²) in [4.78, 5) is 9.99. The molecule has 1 rings (SSSR count). The molecule has 1 unspecified atom stereocenters. The Kier molecular flexibility index (Phi) is 8.55. The van der Waals surface area contributed by atoms with Crippen molar-refractivity contribution in [2.24, 2.45) is 11.5 Å². The summed E-state index contributed by atoms with van der Waals surface area (Å²) in [5.74, 6) is -0.933. The van der Waals surface area contributed by atoms with Crippen LogP contribution in [-0.4, -0.2) is 36.6 Å². The lowest BCUT2D eigenvalue weighted by molar-refractivity contribution is -0.138. The first-order chi connectivity index (χ1) is 9.68. The van der Waals surface area contributed by atoms with Crippen molar-refractivity contribution in [2.45, 2.75) is 30.2 Å². The minimum atomic E-state index is -4.08. The smallest absolute Gasteiger partial charge is 0.320 e. The third kappa shape index (κ3) is 8.97. The highest BCUT2D eigenvalue weighted by molar-refractivity contribution is 7.85. The molecular formula is C12H21N3O5S. The molecule has 0 radical (unpaired) electrons. The van der Waals surface area contributed by atoms with Crippen LogP contribution in [0, 0.1) is 0 Å². The Hall–Kier alpha value is -1.68. The number of unbranched alkanes of at least 4 members (excludes halogenated alkanes) is 1. The van der Waals surface area contributed by atoms with E-state index in [4.69, 9.17) is 26.9 Å². The Morgan fingerprint density at radius 3 is 2.10 bits per heavy atom. The Labute approximate surface area is 123 Å². The molecule has 0 heterocycles. The van der Waals surface area contributed by atoms with E-state index in [1.54, 1.807) is 0 Å². The van der Waals surface area contributed by atoms with Crippen molar-refractivity contribution in [1.29, 1.82) is 0 Å². The number of carboxylic acid groups (broad SMARTS) is 1. The maximum Gasteiger partial charge on any atom is 0.320 e. The summed E-state index contributed by atoms with van der Waals surface area (Å²) < 4.78 is 29.4. The maximum atomic E-state index is 10.5. The van der Waals surface area contributed by atoms with Crippen LogP contribution < -0.4 is 17.2 Å². The molecule has 0 aliphatic rings. The van der Waals surface area contributed by atoms with Crippen molar-refractivity contribution in [3.63, 3.8) is 0 Å². The van der Waals surface area contributed by atoms with Crippen molar-refractivity contribution in [3.8, 4) is 0 Å². The first-order valence-electron chi connectivity index (χ1n) is 6.20. The van der Waals surface area contributed by atoms with E-state index >= 15 is 0 Å². The number of aliphatic carboxylic acids is 1. The van der Waals surface area contributed by atoms with Crippen molar-refractivity contribution in [1.82, 2.24) is 0 Å². The highest BCUT2D eigenvalue weighted by Crippen LogP contribution is 2.10. The third-order valence-corrected chi connectivity index (χ3v) is 3.33. The van der Waals surface area contributed by atoms with Gasteiger partial charge in [-0.15, -0.1) is 0 Å². The Bertz CT molecular complexity index is 530. The molecule has 0 spiro atoms. The standard InChI is InChI=1S/C6H14N2O2.C6H7NO3S/c7-4-2-1-3-5(8)6(9)10;7-5-1-3-6(4-2-5)11(8,9)10/h5H,1-4,7-8H2,(H,9,10);1-4H,7H2,(H,8,9,10). The van der Waals surface area contributed by atoms with Crippen molar-refractivity contribution >= 4 is 21.8 Å². The Morgan fingerprint density at radius 1 is 1.19 bits per heavy atom. The van der Waals surface area contributed by atoms with Crippen LogP contribution in [0.3, 0.4) is 0 Å². The molecule has 9 heteroatoms. The summed E-state index contributed by atoms with van der Waals surface area (Å²) in [6.07, 6.45) is 2.16. The van der Waals surface area contributed by atoms with E-state index in [-0.39, 0.29) is 4.90 Å². The summed E-state index contributed by atoms with van der Waals surface area (Å²) >= 11 is 0. The van der Waals surface area contributed by atoms with Gasteiger partial charge in [0.15, 0.2) is 0 Å². The predicted molar refractivity (Wildman–Crippen MR) is 79.2 cm³/mol. The van der Waals surface area contributed by atoms with Gasteiger partial charge in [-0.2, -0.15) is 8.42 Å². The van der Waals surface area contributed by atoms with Crippen LogP contribution in [0.1, 0.15) is 19.3 Å². The molecule has 1 aromatic rings. The van der Waals surface area contributed by atoms with Gasteiger partial charge in [0.2, 0.25) is 0 Å². The van der Waals surface area contributed by atoms with E-state index in [0.29, 0.717) is 18.7 Å². The van der Waals surface area contributed by atoms with E-state index in [9.17, 15) is 13.2 Å². The topological polar surface area (TPSA) is 170 Å². The maximum absolute atomic E-state index is 10.5. The summed E-state index contributed by atoms with van der Waals surface area (Å²) in [6, 6.07) is 4.58. The molecule has 0 aromatic heterocycles. The average molecular weight is 319 g/mol. The molecule has 0 amide bonds. The minimum absolute atomic E-state index is 0.147. The zero-order valence-electron chi connectivity index (χ0n) is 11.5. The summed E-state index contributed by atoms with van der Waals surface area (Å²) in [5, 5.41) is 8.33. The normalized spacial score (nSPS) is 12.1. The average Bonchev–Trinajstić information content (AvgIpc) is 2.39. The number of nitrogens with two attached hydrogens (primary N) is 3. The largest absolute Gasteiger partial charge is 0.480 e. The second-order valence-corrected chi connectivity index (χ2v) is 5.69. The van der Waals surface area contributed by atoms with E-state index < -0.39 is 22.1 Å². The molecule has 21 heavy (non-hydrogen) atoms. The van der Waals surface area contributed by atoms with Gasteiger partial charge in [0.25, 0.3) is 10.1 Å². The molecule has 0 saturated heterocycles. The molecule has 1 aromatic carbocycles. The summed E-state index contributed by atoms with van der Waals surface area (Å²) in [6.45, 7) is 0.604. The van der Waals surface area contributed by atoms with Crippen LogP contribution in [0.4, 0.5) is 5.69 Å². The van der Waals surface area contributed by atoms with Gasteiger partial charge in [-0.3, -0.25) is 9.35 Å². The van der Waals surface area contributed by atoms with Crippen LogP contribution in [-0.2, 0) is 14.9 Å². The number of rotatable bonds is 6. The SMILES string of the molecule is NCCCCC(N)C(=O)O.Nc1ccc(S(=O)(=O)O)cc1. The van der Waals surface area contributed by atoms with Crippen LogP contribution in [0.2, 0.25) is 0 Å². The number of nitrogen functional groups attached to an aromatic ring is 1. The molecule has 0 bridgehead atoms. The number of hydrogen-bond donors (Lipinski definition) is 5. The van der Waals surface area contributed by atoms with Crippen molar-refractivity contribution < 1.29 is 22.9 Å². The van der Waals surface area contributed by atoms with Gasteiger partial charge in [0.1, 0.15) is 6.04 Å².